The zero-order valence-electron chi connectivity index (χ0n) is 20.4. The average Bonchev–Trinajstić information content (AvgIpc) is 3.57. The Morgan fingerprint density at radius 3 is 2.39 bits per heavy atom. The number of nitrogens with one attached hydrogen (secondary N) is 1. The number of carbonyl (C=O) groups excluding carboxylic acids is 1. The third-order valence-corrected chi connectivity index (χ3v) is 6.52. The second-order valence-corrected chi connectivity index (χ2v) is 9.22. The molecule has 0 aliphatic heterocycles. The molecule has 36 heavy (non-hydrogen) atoms. The molecule has 1 aromatic rings. The van der Waals surface area contributed by atoms with Crippen LogP contribution in [0, 0.1) is 11.3 Å². The number of aromatic hydroxyl groups is 1. The van der Waals surface area contributed by atoms with Crippen LogP contribution in [0.2, 0.25) is 0 Å². The van der Waals surface area contributed by atoms with Crippen molar-refractivity contribution in [2.24, 2.45) is 16.3 Å². The molecule has 5 nitrogen and oxygen atoms in total. The maximum Gasteiger partial charge on any atom is 0.416 e. The van der Waals surface area contributed by atoms with Gasteiger partial charge >= 0.3 is 12.4 Å². The van der Waals surface area contributed by atoms with Gasteiger partial charge in [-0.1, -0.05) is 24.3 Å². The van der Waals surface area contributed by atoms with Gasteiger partial charge in [-0.3, -0.25) is 9.79 Å². The number of benzene rings is 1. The summed E-state index contributed by atoms with van der Waals surface area (Å²) in [6.45, 7) is 3.67. The second kappa shape index (κ2) is 11.5. The smallest absolute Gasteiger partial charge is 0.416 e. The highest BCUT2D eigenvalue weighted by Gasteiger charge is 2.67. The number of amides is 1. The van der Waals surface area contributed by atoms with Crippen LogP contribution in [0.1, 0.15) is 30.4 Å². The number of likely N-dealkylation sites (N-methyl/N-ethyl adjacent to an activating group) is 1. The molecule has 1 amide bonds. The van der Waals surface area contributed by atoms with Gasteiger partial charge in [-0.05, 0) is 57.1 Å². The van der Waals surface area contributed by atoms with Crippen LogP contribution in [0.3, 0.4) is 0 Å². The van der Waals surface area contributed by atoms with E-state index in [1.807, 2.05) is 0 Å². The molecular weight excluding hydrogens is 488 g/mol. The number of allylic oxidation sites excluding steroid dienone is 3. The maximum atomic E-state index is 13.8. The number of rotatable bonds is 11. The molecule has 1 saturated carbocycles. The van der Waals surface area contributed by atoms with Crippen LogP contribution in [0.15, 0.2) is 47.5 Å². The van der Waals surface area contributed by atoms with Gasteiger partial charge in [0.1, 0.15) is 5.75 Å². The Labute approximate surface area is 206 Å². The monoisotopic (exact) mass is 519 g/mol. The van der Waals surface area contributed by atoms with E-state index in [1.54, 1.807) is 19.0 Å². The number of nitrogens with zero attached hydrogens (tertiary/aromatic N) is 2. The van der Waals surface area contributed by atoms with Gasteiger partial charge in [-0.25, -0.2) is 0 Å². The van der Waals surface area contributed by atoms with E-state index in [1.165, 1.54) is 31.5 Å². The minimum atomic E-state index is -4.69. The summed E-state index contributed by atoms with van der Waals surface area (Å²) < 4.78 is 81.8. The van der Waals surface area contributed by atoms with Crippen molar-refractivity contribution in [3.63, 3.8) is 0 Å². The van der Waals surface area contributed by atoms with Gasteiger partial charge in [0.05, 0.1) is 11.0 Å². The van der Waals surface area contributed by atoms with E-state index in [0.717, 1.165) is 6.07 Å². The summed E-state index contributed by atoms with van der Waals surface area (Å²) in [7, 11) is 4.75. The fourth-order valence-corrected chi connectivity index (χ4v) is 4.20. The van der Waals surface area contributed by atoms with Gasteiger partial charge in [-0.15, -0.1) is 0 Å². The number of phenols is 1. The summed E-state index contributed by atoms with van der Waals surface area (Å²) in [6.07, 6.45) is -5.71. The van der Waals surface area contributed by atoms with Gasteiger partial charge in [0.15, 0.2) is 0 Å². The van der Waals surface area contributed by atoms with Crippen LogP contribution < -0.4 is 5.32 Å². The molecule has 0 unspecified atom stereocenters. The van der Waals surface area contributed by atoms with Gasteiger partial charge in [0.2, 0.25) is 5.91 Å². The lowest BCUT2D eigenvalue weighted by atomic mass is 9.80. The largest absolute Gasteiger partial charge is 0.508 e. The maximum absolute atomic E-state index is 13.8. The van der Waals surface area contributed by atoms with Crippen LogP contribution in [0.5, 0.6) is 5.75 Å². The summed E-state index contributed by atoms with van der Waals surface area (Å²) in [4.78, 5) is 18.1. The molecule has 1 aliphatic carbocycles. The third kappa shape index (κ3) is 7.35. The van der Waals surface area contributed by atoms with Crippen LogP contribution in [-0.4, -0.2) is 62.0 Å². The standard InChI is InChI=1S/C25H31F6N3O2/c1-16(6-5-11-32-2)20(23(9-10-23)25(29,30)31)14-22(36)33-15-18(34(3)4)12-17-7-8-19(35)13-21(17)24(26,27)28/h5-8,11,13,18,20,35H,1,9-10,12,14-15H2,2-4H3,(H,33,36)/b6-5-,32-11?/t18-,20-/m0/s1. The first-order valence-electron chi connectivity index (χ1n) is 11.3. The molecule has 0 bridgehead atoms. The Kier molecular flexibility index (Phi) is 9.39. The Balaban J connectivity index is 2.16. The summed E-state index contributed by atoms with van der Waals surface area (Å²) >= 11 is 0. The van der Waals surface area contributed by atoms with Crippen molar-refractivity contribution in [3.8, 4) is 5.75 Å². The fraction of sp³-hybridized carbons (Fsp3) is 0.520. The first kappa shape index (κ1) is 29.4. The zero-order chi connectivity index (χ0) is 27.3. The molecule has 1 aliphatic rings. The normalized spacial score (nSPS) is 17.5. The minimum Gasteiger partial charge on any atom is -0.508 e. The molecule has 0 saturated heterocycles. The van der Waals surface area contributed by atoms with Gasteiger partial charge in [-0.2, -0.15) is 26.3 Å². The highest BCUT2D eigenvalue weighted by molar-refractivity contribution is 5.77. The Hall–Kier alpha value is -2.82. The van der Waals surface area contributed by atoms with Crippen LogP contribution in [0.4, 0.5) is 26.3 Å². The van der Waals surface area contributed by atoms with E-state index in [0.29, 0.717) is 6.07 Å². The van der Waals surface area contributed by atoms with E-state index < -0.39 is 53.4 Å². The summed E-state index contributed by atoms with van der Waals surface area (Å²) in [6, 6.07) is 2.37. The predicted octanol–water partition coefficient (Wildman–Crippen LogP) is 5.16. The summed E-state index contributed by atoms with van der Waals surface area (Å²) in [5, 5.41) is 12.1. The SMILES string of the molecule is C=C(/C=C\C=NC)[C@H](CC(=O)NC[C@H](Cc1ccc(O)cc1C(F)(F)F)N(C)C)C1(C(F)(F)F)CC1. The zero-order valence-corrected chi connectivity index (χ0v) is 20.4. The summed E-state index contributed by atoms with van der Waals surface area (Å²) in [5.74, 6) is -2.35. The number of alkyl halides is 6. The van der Waals surface area contributed by atoms with Crippen LogP contribution >= 0.6 is 0 Å². The number of hydrogen-bond acceptors (Lipinski definition) is 4. The fourth-order valence-electron chi connectivity index (χ4n) is 4.20. The topological polar surface area (TPSA) is 64.9 Å². The number of phenolic OH excluding ortho intramolecular Hbond substituents is 1. The van der Waals surface area contributed by atoms with Crippen LogP contribution in [0.25, 0.3) is 0 Å². The van der Waals surface area contributed by atoms with Gasteiger partial charge in [0.25, 0.3) is 0 Å². The predicted molar refractivity (Wildman–Crippen MR) is 126 cm³/mol. The molecular formula is C25H31F6N3O2. The van der Waals surface area contributed by atoms with Crippen molar-refractivity contribution < 1.29 is 36.2 Å². The van der Waals surface area contributed by atoms with E-state index >= 15 is 0 Å². The molecule has 0 heterocycles. The molecule has 0 aromatic heterocycles. The third-order valence-electron chi connectivity index (χ3n) is 6.52. The molecule has 2 atom stereocenters. The number of aliphatic imine (C=N–C) groups is 1. The van der Waals surface area contributed by atoms with E-state index in [9.17, 15) is 36.2 Å². The Morgan fingerprint density at radius 1 is 1.25 bits per heavy atom. The first-order valence-corrected chi connectivity index (χ1v) is 11.3. The molecule has 0 spiro atoms. The molecule has 1 fully saturated rings. The molecule has 1 aromatic carbocycles. The molecule has 200 valence electrons. The first-order chi connectivity index (χ1) is 16.6. The summed E-state index contributed by atoms with van der Waals surface area (Å²) in [5.41, 5.74) is -2.93. The van der Waals surface area contributed by atoms with Crippen molar-refractivity contribution in [1.29, 1.82) is 0 Å². The highest BCUT2D eigenvalue weighted by Crippen LogP contribution is 2.64. The second-order valence-electron chi connectivity index (χ2n) is 9.22. The molecule has 2 N–H and O–H groups in total. The Bertz CT molecular complexity index is 994. The molecule has 2 rings (SSSR count). The minimum absolute atomic E-state index is 0.0729. The highest BCUT2D eigenvalue weighted by atomic mass is 19.4. The Morgan fingerprint density at radius 2 is 1.89 bits per heavy atom. The van der Waals surface area contributed by atoms with E-state index in [4.69, 9.17) is 0 Å². The number of hydrogen-bond donors (Lipinski definition) is 2. The lowest BCUT2D eigenvalue weighted by Crippen LogP contribution is -2.43. The molecule has 0 radical (unpaired) electrons. The van der Waals surface area contributed by atoms with Gasteiger partial charge < -0.3 is 15.3 Å². The van der Waals surface area contributed by atoms with Crippen molar-refractivity contribution in [3.05, 3.63) is 53.6 Å². The lowest BCUT2D eigenvalue weighted by Gasteiger charge is -2.30. The van der Waals surface area contributed by atoms with Crippen molar-refractivity contribution >= 4 is 12.1 Å². The number of carbonyl (C=O) groups is 1. The van der Waals surface area contributed by atoms with Gasteiger partial charge in [0, 0.05) is 38.2 Å². The van der Waals surface area contributed by atoms with Crippen molar-refractivity contribution in [1.82, 2.24) is 10.2 Å². The lowest BCUT2D eigenvalue weighted by molar-refractivity contribution is -0.199. The van der Waals surface area contributed by atoms with E-state index in [-0.39, 0.29) is 36.9 Å². The van der Waals surface area contributed by atoms with Crippen molar-refractivity contribution in [2.45, 2.75) is 44.1 Å². The molecule has 11 heteroatoms. The van der Waals surface area contributed by atoms with Crippen molar-refractivity contribution in [2.75, 3.05) is 27.7 Å². The average molecular weight is 520 g/mol. The quantitative estimate of drug-likeness (QED) is 0.241. The van der Waals surface area contributed by atoms with Crippen LogP contribution in [-0.2, 0) is 17.4 Å². The number of halogens is 6. The van der Waals surface area contributed by atoms with E-state index in [2.05, 4.69) is 16.9 Å².